The van der Waals surface area contributed by atoms with Gasteiger partial charge in [0.1, 0.15) is 5.82 Å². The molecule has 0 saturated carbocycles. The van der Waals surface area contributed by atoms with Gasteiger partial charge in [0.15, 0.2) is 0 Å². The molecule has 0 fully saturated rings. The van der Waals surface area contributed by atoms with Gasteiger partial charge in [-0.15, -0.1) is 11.8 Å². The first-order chi connectivity index (χ1) is 8.75. The minimum absolute atomic E-state index is 0.174. The SMILES string of the molecule is Cc1ccccc1NCCSc1cccc(F)c1. The largest absolute Gasteiger partial charge is 0.384 e. The second-order valence-corrected chi connectivity index (χ2v) is 5.22. The second-order valence-electron chi connectivity index (χ2n) is 4.05. The molecule has 0 unspecified atom stereocenters. The van der Waals surface area contributed by atoms with Gasteiger partial charge in [-0.2, -0.15) is 0 Å². The summed E-state index contributed by atoms with van der Waals surface area (Å²) in [6.07, 6.45) is 0. The smallest absolute Gasteiger partial charge is 0.124 e. The Morgan fingerprint density at radius 2 is 1.94 bits per heavy atom. The molecule has 0 atom stereocenters. The van der Waals surface area contributed by atoms with Crippen LogP contribution in [0.4, 0.5) is 10.1 Å². The van der Waals surface area contributed by atoms with Gasteiger partial charge in [0.25, 0.3) is 0 Å². The highest BCUT2D eigenvalue weighted by Gasteiger charge is 1.98. The van der Waals surface area contributed by atoms with Crippen LogP contribution >= 0.6 is 11.8 Å². The summed E-state index contributed by atoms with van der Waals surface area (Å²) in [6, 6.07) is 14.9. The van der Waals surface area contributed by atoms with Gasteiger partial charge in [-0.25, -0.2) is 4.39 Å². The summed E-state index contributed by atoms with van der Waals surface area (Å²) in [5.41, 5.74) is 2.41. The lowest BCUT2D eigenvalue weighted by atomic mass is 10.2. The predicted octanol–water partition coefficient (Wildman–Crippen LogP) is 4.34. The number of benzene rings is 2. The average molecular weight is 261 g/mol. The Balaban J connectivity index is 1.78. The van der Waals surface area contributed by atoms with Crippen molar-refractivity contribution in [3.8, 4) is 0 Å². The first-order valence-electron chi connectivity index (χ1n) is 5.93. The fraction of sp³-hybridized carbons (Fsp3) is 0.200. The van der Waals surface area contributed by atoms with Crippen LogP contribution in [0.3, 0.4) is 0 Å². The van der Waals surface area contributed by atoms with E-state index in [2.05, 4.69) is 24.4 Å². The Morgan fingerprint density at radius 1 is 1.11 bits per heavy atom. The third-order valence-electron chi connectivity index (χ3n) is 2.63. The van der Waals surface area contributed by atoms with Gasteiger partial charge in [-0.1, -0.05) is 24.3 Å². The zero-order valence-electron chi connectivity index (χ0n) is 10.3. The minimum Gasteiger partial charge on any atom is -0.384 e. The molecule has 94 valence electrons. The molecule has 3 heteroatoms. The maximum Gasteiger partial charge on any atom is 0.124 e. The van der Waals surface area contributed by atoms with Crippen LogP contribution in [0.2, 0.25) is 0 Å². The summed E-state index contributed by atoms with van der Waals surface area (Å²) in [4.78, 5) is 0.974. The van der Waals surface area contributed by atoms with Crippen molar-refractivity contribution in [2.45, 2.75) is 11.8 Å². The quantitative estimate of drug-likeness (QED) is 0.635. The Kier molecular flexibility index (Phi) is 4.65. The van der Waals surface area contributed by atoms with Crippen molar-refractivity contribution in [1.29, 1.82) is 0 Å². The number of hydrogen-bond donors (Lipinski definition) is 1. The second kappa shape index (κ2) is 6.45. The van der Waals surface area contributed by atoms with Crippen LogP contribution < -0.4 is 5.32 Å². The molecular formula is C15H16FNS. The molecule has 18 heavy (non-hydrogen) atoms. The Morgan fingerprint density at radius 3 is 2.72 bits per heavy atom. The van der Waals surface area contributed by atoms with Gasteiger partial charge in [0.05, 0.1) is 0 Å². The number of halogens is 1. The summed E-state index contributed by atoms with van der Waals surface area (Å²) >= 11 is 1.66. The normalized spacial score (nSPS) is 10.3. The molecule has 1 nitrogen and oxygen atoms in total. The third-order valence-corrected chi connectivity index (χ3v) is 3.62. The lowest BCUT2D eigenvalue weighted by Crippen LogP contribution is -2.05. The minimum atomic E-state index is -0.174. The molecule has 2 rings (SSSR count). The Labute approximate surface area is 111 Å². The van der Waals surface area contributed by atoms with Crippen molar-refractivity contribution in [3.63, 3.8) is 0 Å². The number of hydrogen-bond acceptors (Lipinski definition) is 2. The third kappa shape index (κ3) is 3.77. The van der Waals surface area contributed by atoms with Gasteiger partial charge in [0, 0.05) is 22.9 Å². The Hall–Kier alpha value is -1.48. The molecule has 0 spiro atoms. The van der Waals surface area contributed by atoms with Crippen molar-refractivity contribution in [2.24, 2.45) is 0 Å². The summed E-state index contributed by atoms with van der Waals surface area (Å²) in [7, 11) is 0. The Bertz CT molecular complexity index is 513. The molecule has 1 N–H and O–H groups in total. The van der Waals surface area contributed by atoms with Crippen molar-refractivity contribution in [3.05, 3.63) is 59.9 Å². The highest BCUT2D eigenvalue weighted by Crippen LogP contribution is 2.19. The van der Waals surface area contributed by atoms with Crippen molar-refractivity contribution < 1.29 is 4.39 Å². The van der Waals surface area contributed by atoms with Crippen LogP contribution in [0.1, 0.15) is 5.56 Å². The van der Waals surface area contributed by atoms with Gasteiger partial charge >= 0.3 is 0 Å². The molecule has 0 radical (unpaired) electrons. The lowest BCUT2D eigenvalue weighted by molar-refractivity contribution is 0.624. The van der Waals surface area contributed by atoms with Gasteiger partial charge in [-0.3, -0.25) is 0 Å². The first kappa shape index (κ1) is 13.0. The fourth-order valence-electron chi connectivity index (χ4n) is 1.68. The van der Waals surface area contributed by atoms with E-state index in [0.717, 1.165) is 22.9 Å². The van der Waals surface area contributed by atoms with Gasteiger partial charge in [0.2, 0.25) is 0 Å². The van der Waals surface area contributed by atoms with Gasteiger partial charge < -0.3 is 5.32 Å². The number of aryl methyl sites for hydroxylation is 1. The van der Waals surface area contributed by atoms with Crippen molar-refractivity contribution in [2.75, 3.05) is 17.6 Å². The molecule has 0 aliphatic carbocycles. The molecule has 0 amide bonds. The summed E-state index contributed by atoms with van der Waals surface area (Å²) in [5.74, 6) is 0.740. The van der Waals surface area contributed by atoms with E-state index < -0.39 is 0 Å². The van der Waals surface area contributed by atoms with Crippen molar-refractivity contribution in [1.82, 2.24) is 0 Å². The molecule has 2 aromatic rings. The summed E-state index contributed by atoms with van der Waals surface area (Å²) in [5, 5.41) is 3.38. The van der Waals surface area contributed by atoms with Gasteiger partial charge in [-0.05, 0) is 36.8 Å². The highest BCUT2D eigenvalue weighted by molar-refractivity contribution is 7.99. The van der Waals surface area contributed by atoms with E-state index in [-0.39, 0.29) is 5.82 Å². The maximum atomic E-state index is 13.0. The molecule has 0 aliphatic rings. The molecule has 0 heterocycles. The molecule has 0 aromatic heterocycles. The lowest BCUT2D eigenvalue weighted by Gasteiger charge is -2.08. The fourth-order valence-corrected chi connectivity index (χ4v) is 2.49. The van der Waals surface area contributed by atoms with Crippen molar-refractivity contribution >= 4 is 17.4 Å². The van der Waals surface area contributed by atoms with Crippen LogP contribution in [-0.2, 0) is 0 Å². The highest BCUT2D eigenvalue weighted by atomic mass is 32.2. The number of anilines is 1. The number of nitrogens with one attached hydrogen (secondary N) is 1. The maximum absolute atomic E-state index is 13.0. The molecule has 2 aromatic carbocycles. The van der Waals surface area contributed by atoms with Crippen LogP contribution in [0.15, 0.2) is 53.4 Å². The number of rotatable bonds is 5. The van der Waals surface area contributed by atoms with E-state index in [1.807, 2.05) is 18.2 Å². The summed E-state index contributed by atoms with van der Waals surface area (Å²) in [6.45, 7) is 2.95. The average Bonchev–Trinajstić information content (AvgIpc) is 2.37. The standard InChI is InChI=1S/C15H16FNS/c1-12-5-2-3-8-15(12)17-9-10-18-14-7-4-6-13(16)11-14/h2-8,11,17H,9-10H2,1H3. The number of para-hydroxylation sites is 1. The zero-order chi connectivity index (χ0) is 12.8. The van der Waals surface area contributed by atoms with E-state index in [1.165, 1.54) is 11.6 Å². The molecule has 0 aliphatic heterocycles. The topological polar surface area (TPSA) is 12.0 Å². The summed E-state index contributed by atoms with van der Waals surface area (Å²) < 4.78 is 13.0. The zero-order valence-corrected chi connectivity index (χ0v) is 11.1. The van der Waals surface area contributed by atoms with E-state index in [0.29, 0.717) is 0 Å². The van der Waals surface area contributed by atoms with Crippen LogP contribution in [0.5, 0.6) is 0 Å². The van der Waals surface area contributed by atoms with E-state index in [9.17, 15) is 4.39 Å². The van der Waals surface area contributed by atoms with E-state index >= 15 is 0 Å². The molecule has 0 bridgehead atoms. The van der Waals surface area contributed by atoms with E-state index in [1.54, 1.807) is 23.9 Å². The van der Waals surface area contributed by atoms with E-state index in [4.69, 9.17) is 0 Å². The number of thioether (sulfide) groups is 1. The van der Waals surface area contributed by atoms with Crippen LogP contribution in [0.25, 0.3) is 0 Å². The van der Waals surface area contributed by atoms with Crippen LogP contribution in [-0.4, -0.2) is 12.3 Å². The molecule has 0 saturated heterocycles. The van der Waals surface area contributed by atoms with Crippen LogP contribution in [0, 0.1) is 12.7 Å². The first-order valence-corrected chi connectivity index (χ1v) is 6.92. The molecular weight excluding hydrogens is 245 g/mol. The predicted molar refractivity (Wildman–Crippen MR) is 76.8 cm³/mol. The monoisotopic (exact) mass is 261 g/mol.